The van der Waals surface area contributed by atoms with E-state index in [4.69, 9.17) is 15.2 Å². The number of aromatic nitrogens is 2. The van der Waals surface area contributed by atoms with Crippen LogP contribution in [0.15, 0.2) is 22.9 Å². The van der Waals surface area contributed by atoms with Gasteiger partial charge in [0.05, 0.1) is 5.69 Å². The van der Waals surface area contributed by atoms with E-state index >= 15 is 0 Å². The van der Waals surface area contributed by atoms with Crippen LogP contribution in [0.25, 0.3) is 0 Å². The van der Waals surface area contributed by atoms with Gasteiger partial charge in [0.2, 0.25) is 6.79 Å². The second-order valence-electron chi connectivity index (χ2n) is 5.44. The smallest absolute Gasteiger partial charge is 0.231 e. The van der Waals surface area contributed by atoms with Crippen molar-refractivity contribution in [3.63, 3.8) is 0 Å². The van der Waals surface area contributed by atoms with Crippen molar-refractivity contribution in [3.8, 4) is 11.5 Å². The van der Waals surface area contributed by atoms with E-state index in [0.29, 0.717) is 12.6 Å². The Morgan fingerprint density at radius 3 is 2.91 bits per heavy atom. The number of halogens is 1. The SMILES string of the molecule is Nc1ncnc2c1CCN(Cc1cc3c(cc1Br)OCO3)C2. The highest BCUT2D eigenvalue weighted by Gasteiger charge is 2.22. The molecule has 0 fully saturated rings. The number of hydrogen-bond acceptors (Lipinski definition) is 6. The zero-order valence-electron chi connectivity index (χ0n) is 11.9. The first-order chi connectivity index (χ1) is 10.7. The lowest BCUT2D eigenvalue weighted by Gasteiger charge is -2.28. The molecule has 4 rings (SSSR count). The Morgan fingerprint density at radius 1 is 1.23 bits per heavy atom. The third-order valence-electron chi connectivity index (χ3n) is 4.05. The monoisotopic (exact) mass is 362 g/mol. The lowest BCUT2D eigenvalue weighted by Crippen LogP contribution is -2.31. The van der Waals surface area contributed by atoms with Crippen LogP contribution < -0.4 is 15.2 Å². The first-order valence-corrected chi connectivity index (χ1v) is 7.88. The highest BCUT2D eigenvalue weighted by Crippen LogP contribution is 2.37. The summed E-state index contributed by atoms with van der Waals surface area (Å²) in [7, 11) is 0. The molecule has 2 N–H and O–H groups in total. The minimum Gasteiger partial charge on any atom is -0.454 e. The summed E-state index contributed by atoms with van der Waals surface area (Å²) >= 11 is 3.61. The fourth-order valence-electron chi connectivity index (χ4n) is 2.89. The van der Waals surface area contributed by atoms with E-state index in [1.165, 1.54) is 11.9 Å². The fraction of sp³-hybridized carbons (Fsp3) is 0.333. The Hall–Kier alpha value is -1.86. The fourth-order valence-corrected chi connectivity index (χ4v) is 3.34. The first-order valence-electron chi connectivity index (χ1n) is 7.09. The molecule has 3 heterocycles. The zero-order valence-corrected chi connectivity index (χ0v) is 13.5. The third-order valence-corrected chi connectivity index (χ3v) is 4.79. The van der Waals surface area contributed by atoms with Gasteiger partial charge in [-0.1, -0.05) is 15.9 Å². The van der Waals surface area contributed by atoms with Crippen LogP contribution in [0.4, 0.5) is 5.82 Å². The highest BCUT2D eigenvalue weighted by atomic mass is 79.9. The second kappa shape index (κ2) is 5.40. The lowest BCUT2D eigenvalue weighted by atomic mass is 10.0. The van der Waals surface area contributed by atoms with E-state index in [1.54, 1.807) is 0 Å². The van der Waals surface area contributed by atoms with Gasteiger partial charge < -0.3 is 15.2 Å². The van der Waals surface area contributed by atoms with E-state index < -0.39 is 0 Å². The molecule has 0 unspecified atom stereocenters. The zero-order chi connectivity index (χ0) is 15.1. The summed E-state index contributed by atoms with van der Waals surface area (Å²) in [6, 6.07) is 4.01. The van der Waals surface area contributed by atoms with Crippen molar-refractivity contribution in [2.24, 2.45) is 0 Å². The Labute approximate surface area is 136 Å². The van der Waals surface area contributed by atoms with Crippen molar-refractivity contribution in [2.45, 2.75) is 19.5 Å². The van der Waals surface area contributed by atoms with E-state index in [1.807, 2.05) is 12.1 Å². The van der Waals surface area contributed by atoms with E-state index in [-0.39, 0.29) is 0 Å². The number of nitrogen functional groups attached to an aromatic ring is 1. The molecule has 0 spiro atoms. The summed E-state index contributed by atoms with van der Waals surface area (Å²) in [4.78, 5) is 10.8. The summed E-state index contributed by atoms with van der Waals surface area (Å²) in [5, 5.41) is 0. The molecule has 0 saturated carbocycles. The molecule has 7 heteroatoms. The second-order valence-corrected chi connectivity index (χ2v) is 6.30. The minimum atomic E-state index is 0.290. The molecule has 2 aliphatic heterocycles. The molecule has 1 aromatic carbocycles. The van der Waals surface area contributed by atoms with Crippen molar-refractivity contribution >= 4 is 21.7 Å². The summed E-state index contributed by atoms with van der Waals surface area (Å²) in [6.45, 7) is 2.83. The average Bonchev–Trinajstić information content (AvgIpc) is 2.95. The van der Waals surface area contributed by atoms with Crippen molar-refractivity contribution in [1.29, 1.82) is 0 Å². The number of anilines is 1. The highest BCUT2D eigenvalue weighted by molar-refractivity contribution is 9.10. The maximum atomic E-state index is 5.92. The molecule has 0 amide bonds. The maximum absolute atomic E-state index is 5.92. The number of hydrogen-bond donors (Lipinski definition) is 1. The molecule has 2 aliphatic rings. The van der Waals surface area contributed by atoms with Gasteiger partial charge >= 0.3 is 0 Å². The Bertz CT molecular complexity index is 738. The molecule has 2 aromatic rings. The van der Waals surface area contributed by atoms with E-state index in [9.17, 15) is 0 Å². The van der Waals surface area contributed by atoms with Crippen molar-refractivity contribution in [2.75, 3.05) is 19.1 Å². The van der Waals surface area contributed by atoms with Crippen LogP contribution >= 0.6 is 15.9 Å². The number of benzene rings is 1. The standard InChI is InChI=1S/C15H15BrN4O2/c16-11-4-14-13(21-8-22-14)3-9(11)5-20-2-1-10-12(6-20)18-7-19-15(10)17/h3-4,7H,1-2,5-6,8H2,(H2,17,18,19). The third kappa shape index (κ3) is 2.40. The van der Waals surface area contributed by atoms with Crippen LogP contribution in [-0.2, 0) is 19.5 Å². The molecule has 0 atom stereocenters. The topological polar surface area (TPSA) is 73.5 Å². The van der Waals surface area contributed by atoms with Crippen LogP contribution in [0, 0.1) is 0 Å². The van der Waals surface area contributed by atoms with E-state index in [2.05, 4.69) is 30.8 Å². The van der Waals surface area contributed by atoms with Crippen molar-refractivity contribution in [1.82, 2.24) is 14.9 Å². The van der Waals surface area contributed by atoms with Gasteiger partial charge in [-0.2, -0.15) is 0 Å². The van der Waals surface area contributed by atoms with Crippen LogP contribution in [0.1, 0.15) is 16.8 Å². The summed E-state index contributed by atoms with van der Waals surface area (Å²) in [6.07, 6.45) is 2.42. The molecule has 0 aliphatic carbocycles. The van der Waals surface area contributed by atoms with Gasteiger partial charge in [-0.25, -0.2) is 9.97 Å². The normalized spacial score (nSPS) is 16.6. The quantitative estimate of drug-likeness (QED) is 0.881. The molecule has 6 nitrogen and oxygen atoms in total. The number of nitrogens with zero attached hydrogens (tertiary/aromatic N) is 3. The molecule has 0 radical (unpaired) electrons. The van der Waals surface area contributed by atoms with Crippen LogP contribution in [0.3, 0.4) is 0 Å². The summed E-state index contributed by atoms with van der Waals surface area (Å²) in [5.74, 6) is 2.20. The van der Waals surface area contributed by atoms with Gasteiger partial charge in [-0.3, -0.25) is 4.90 Å². The number of ether oxygens (including phenoxy) is 2. The number of rotatable bonds is 2. The van der Waals surface area contributed by atoms with Gasteiger partial charge in [-0.15, -0.1) is 0 Å². The lowest BCUT2D eigenvalue weighted by molar-refractivity contribution is 0.174. The first kappa shape index (κ1) is 13.8. The van der Waals surface area contributed by atoms with E-state index in [0.717, 1.165) is 53.3 Å². The summed E-state index contributed by atoms with van der Waals surface area (Å²) < 4.78 is 11.9. The van der Waals surface area contributed by atoms with Gasteiger partial charge in [0.25, 0.3) is 0 Å². The molecule has 0 bridgehead atoms. The molecule has 114 valence electrons. The average molecular weight is 363 g/mol. The van der Waals surface area contributed by atoms with Crippen LogP contribution in [0.5, 0.6) is 11.5 Å². The van der Waals surface area contributed by atoms with Gasteiger partial charge in [0, 0.05) is 29.7 Å². The molecular weight excluding hydrogens is 348 g/mol. The van der Waals surface area contributed by atoms with Gasteiger partial charge in [0.15, 0.2) is 11.5 Å². The number of nitrogens with two attached hydrogens (primary N) is 1. The minimum absolute atomic E-state index is 0.290. The number of fused-ring (bicyclic) bond motifs is 2. The molecular formula is C15H15BrN4O2. The summed E-state index contributed by atoms with van der Waals surface area (Å²) in [5.41, 5.74) is 9.20. The van der Waals surface area contributed by atoms with Gasteiger partial charge in [0.1, 0.15) is 12.1 Å². The van der Waals surface area contributed by atoms with Gasteiger partial charge in [-0.05, 0) is 24.1 Å². The van der Waals surface area contributed by atoms with Crippen molar-refractivity contribution in [3.05, 3.63) is 39.8 Å². The Morgan fingerprint density at radius 2 is 2.05 bits per heavy atom. The predicted octanol–water partition coefficient (Wildman–Crippen LogP) is 2.11. The largest absolute Gasteiger partial charge is 0.454 e. The maximum Gasteiger partial charge on any atom is 0.231 e. The molecule has 22 heavy (non-hydrogen) atoms. The van der Waals surface area contributed by atoms with Crippen LogP contribution in [-0.4, -0.2) is 28.2 Å². The molecule has 1 aromatic heterocycles. The predicted molar refractivity (Wildman–Crippen MR) is 84.5 cm³/mol. The Balaban J connectivity index is 1.56. The van der Waals surface area contributed by atoms with Crippen LogP contribution in [0.2, 0.25) is 0 Å². The Kier molecular flexibility index (Phi) is 3.38. The molecule has 0 saturated heterocycles. The van der Waals surface area contributed by atoms with Crippen molar-refractivity contribution < 1.29 is 9.47 Å².